The van der Waals surface area contributed by atoms with Gasteiger partial charge in [-0.1, -0.05) is 30.3 Å². The molecule has 8 nitrogen and oxygen atoms in total. The van der Waals surface area contributed by atoms with Gasteiger partial charge in [-0.3, -0.25) is 9.89 Å². The Kier molecular flexibility index (Phi) is 5.74. The molecular formula is C21H24N4O4S. The number of carbonyl (C=O) groups excluding carboxylic acids is 1. The number of sulfonamides is 1. The number of nitrogens with one attached hydrogen (secondary N) is 2. The third-order valence-corrected chi connectivity index (χ3v) is 7.09. The predicted molar refractivity (Wildman–Crippen MR) is 111 cm³/mol. The van der Waals surface area contributed by atoms with E-state index in [1.807, 2.05) is 37.3 Å². The number of aromatic amines is 1. The highest BCUT2D eigenvalue weighted by Crippen LogP contribution is 2.28. The number of furan rings is 1. The van der Waals surface area contributed by atoms with Gasteiger partial charge in [-0.25, -0.2) is 8.42 Å². The van der Waals surface area contributed by atoms with Crippen LogP contribution in [0.15, 0.2) is 64.2 Å². The van der Waals surface area contributed by atoms with Gasteiger partial charge >= 0.3 is 0 Å². The number of aromatic nitrogens is 2. The quantitative estimate of drug-likeness (QED) is 0.628. The normalized spacial score (nSPS) is 18.8. The van der Waals surface area contributed by atoms with Crippen LogP contribution in [-0.4, -0.2) is 41.9 Å². The van der Waals surface area contributed by atoms with Crippen molar-refractivity contribution < 1.29 is 17.6 Å². The molecule has 0 spiro atoms. The zero-order valence-corrected chi connectivity index (χ0v) is 17.4. The predicted octanol–water partition coefficient (Wildman–Crippen LogP) is 2.95. The Labute approximate surface area is 175 Å². The molecular weight excluding hydrogens is 404 g/mol. The molecule has 0 unspecified atom stereocenters. The number of carbonyl (C=O) groups is 1. The van der Waals surface area contributed by atoms with E-state index in [9.17, 15) is 13.2 Å². The van der Waals surface area contributed by atoms with Gasteiger partial charge < -0.3 is 9.73 Å². The third-order valence-electron chi connectivity index (χ3n) is 5.35. The van der Waals surface area contributed by atoms with Crippen molar-refractivity contribution in [2.45, 2.75) is 30.9 Å². The molecule has 1 aromatic carbocycles. The van der Waals surface area contributed by atoms with Crippen molar-refractivity contribution in [1.82, 2.24) is 19.8 Å². The molecule has 158 valence electrons. The van der Waals surface area contributed by atoms with Crippen LogP contribution in [0.3, 0.4) is 0 Å². The molecule has 1 fully saturated rings. The fourth-order valence-corrected chi connectivity index (χ4v) is 5.09. The molecule has 0 aliphatic carbocycles. The molecule has 0 bridgehead atoms. The highest BCUT2D eigenvalue weighted by atomic mass is 32.2. The molecule has 2 aromatic heterocycles. The number of hydrogen-bond acceptors (Lipinski definition) is 5. The molecule has 1 saturated heterocycles. The van der Waals surface area contributed by atoms with Crippen LogP contribution in [0, 0.1) is 5.92 Å². The zero-order chi connectivity index (χ0) is 21.1. The van der Waals surface area contributed by atoms with Gasteiger partial charge in [-0.15, -0.1) is 0 Å². The molecule has 3 heterocycles. The summed E-state index contributed by atoms with van der Waals surface area (Å²) in [4.78, 5) is 12.8. The minimum Gasteiger partial charge on any atom is -0.442 e. The molecule has 9 heteroatoms. The Balaban J connectivity index is 1.44. The second-order valence-electron chi connectivity index (χ2n) is 7.43. The summed E-state index contributed by atoms with van der Waals surface area (Å²) in [5, 5.41) is 9.46. The van der Waals surface area contributed by atoms with Crippen LogP contribution in [0.2, 0.25) is 0 Å². The Morgan fingerprint density at radius 2 is 2.03 bits per heavy atom. The molecule has 1 amide bonds. The standard InChI is InChI=1S/C21H24N4O4S/c1-15(16-6-3-2-4-7-16)23-21(26)17-8-5-13-25(14-17)30(27,28)20-10-9-19(29-20)18-11-12-22-24-18/h2-4,6-7,9-12,15,17H,5,8,13-14H2,1H3,(H,22,24)(H,23,26)/t15-,17+/m0/s1. The van der Waals surface area contributed by atoms with Crippen molar-refractivity contribution in [2.75, 3.05) is 13.1 Å². The molecule has 0 radical (unpaired) electrons. The van der Waals surface area contributed by atoms with Gasteiger partial charge in [0.1, 0.15) is 5.69 Å². The first-order chi connectivity index (χ1) is 14.4. The largest absolute Gasteiger partial charge is 0.442 e. The summed E-state index contributed by atoms with van der Waals surface area (Å²) in [5.41, 5.74) is 1.61. The van der Waals surface area contributed by atoms with E-state index in [2.05, 4.69) is 15.5 Å². The lowest BCUT2D eigenvalue weighted by atomic mass is 9.98. The SMILES string of the molecule is C[C@H](NC(=O)[C@@H]1CCCN(S(=O)(=O)c2ccc(-c3ccn[nH]3)o2)C1)c1ccccc1. The summed E-state index contributed by atoms with van der Waals surface area (Å²) >= 11 is 0. The number of H-pyrrole nitrogens is 1. The van der Waals surface area contributed by atoms with Crippen LogP contribution >= 0.6 is 0 Å². The van der Waals surface area contributed by atoms with Crippen molar-refractivity contribution >= 4 is 15.9 Å². The molecule has 0 saturated carbocycles. The lowest BCUT2D eigenvalue weighted by Crippen LogP contribution is -2.45. The lowest BCUT2D eigenvalue weighted by molar-refractivity contribution is -0.126. The van der Waals surface area contributed by atoms with Crippen molar-refractivity contribution in [3.05, 3.63) is 60.3 Å². The smallest absolute Gasteiger partial charge is 0.276 e. The maximum absolute atomic E-state index is 13.1. The molecule has 30 heavy (non-hydrogen) atoms. The lowest BCUT2D eigenvalue weighted by Gasteiger charge is -2.31. The van der Waals surface area contributed by atoms with E-state index < -0.39 is 15.9 Å². The highest BCUT2D eigenvalue weighted by Gasteiger charge is 2.35. The summed E-state index contributed by atoms with van der Waals surface area (Å²) in [7, 11) is -3.83. The molecule has 4 rings (SSSR count). The number of piperidine rings is 1. The van der Waals surface area contributed by atoms with Gasteiger partial charge in [0.25, 0.3) is 10.0 Å². The van der Waals surface area contributed by atoms with E-state index in [-0.39, 0.29) is 23.6 Å². The molecule has 3 aromatic rings. The first-order valence-electron chi connectivity index (χ1n) is 9.90. The molecule has 2 atom stereocenters. The first kappa shape index (κ1) is 20.4. The van der Waals surface area contributed by atoms with Crippen molar-refractivity contribution in [2.24, 2.45) is 5.92 Å². The van der Waals surface area contributed by atoms with Crippen molar-refractivity contribution in [3.63, 3.8) is 0 Å². The second-order valence-corrected chi connectivity index (χ2v) is 9.30. The van der Waals surface area contributed by atoms with Crippen LogP contribution in [0.4, 0.5) is 0 Å². The minimum atomic E-state index is -3.83. The van der Waals surface area contributed by atoms with Crippen LogP contribution < -0.4 is 5.32 Å². The number of hydrogen-bond donors (Lipinski definition) is 2. The number of rotatable bonds is 6. The average molecular weight is 429 g/mol. The van der Waals surface area contributed by atoms with Gasteiger partial charge in [0.2, 0.25) is 11.0 Å². The van der Waals surface area contributed by atoms with Crippen LogP contribution in [0.1, 0.15) is 31.4 Å². The second kappa shape index (κ2) is 8.45. The van der Waals surface area contributed by atoms with E-state index in [1.165, 1.54) is 10.4 Å². The van der Waals surface area contributed by atoms with Crippen molar-refractivity contribution in [1.29, 1.82) is 0 Å². The summed E-state index contributed by atoms with van der Waals surface area (Å²) in [5.74, 6) is -0.139. The first-order valence-corrected chi connectivity index (χ1v) is 11.3. The fourth-order valence-electron chi connectivity index (χ4n) is 3.65. The van der Waals surface area contributed by atoms with Gasteiger partial charge in [-0.05, 0) is 43.5 Å². The Hall–Kier alpha value is -2.91. The Morgan fingerprint density at radius 3 is 2.77 bits per heavy atom. The summed E-state index contributed by atoms with van der Waals surface area (Å²) < 4.78 is 33.0. The van der Waals surface area contributed by atoms with Crippen molar-refractivity contribution in [3.8, 4) is 11.5 Å². The zero-order valence-electron chi connectivity index (χ0n) is 16.6. The number of nitrogens with zero attached hydrogens (tertiary/aromatic N) is 2. The van der Waals surface area contributed by atoms with Gasteiger partial charge in [0.05, 0.1) is 12.0 Å². The van der Waals surface area contributed by atoms with Crippen LogP contribution in [0.25, 0.3) is 11.5 Å². The maximum atomic E-state index is 13.1. The number of amides is 1. The number of benzene rings is 1. The summed E-state index contributed by atoms with van der Waals surface area (Å²) in [6.07, 6.45) is 2.83. The van der Waals surface area contributed by atoms with Gasteiger partial charge in [0, 0.05) is 19.3 Å². The maximum Gasteiger partial charge on any atom is 0.276 e. The summed E-state index contributed by atoms with van der Waals surface area (Å²) in [6.45, 7) is 2.42. The van der Waals surface area contributed by atoms with E-state index >= 15 is 0 Å². The Bertz CT molecular complexity index is 1090. The summed E-state index contributed by atoms with van der Waals surface area (Å²) in [6, 6.07) is 14.3. The Morgan fingerprint density at radius 1 is 1.23 bits per heavy atom. The van der Waals surface area contributed by atoms with Gasteiger partial charge in [0.15, 0.2) is 5.76 Å². The molecule has 1 aliphatic heterocycles. The van der Waals surface area contributed by atoms with Crippen LogP contribution in [0.5, 0.6) is 0 Å². The van der Waals surface area contributed by atoms with E-state index in [0.717, 1.165) is 5.56 Å². The van der Waals surface area contributed by atoms with E-state index in [4.69, 9.17) is 4.42 Å². The van der Waals surface area contributed by atoms with E-state index in [0.29, 0.717) is 30.8 Å². The third kappa shape index (κ3) is 4.17. The topological polar surface area (TPSA) is 108 Å². The van der Waals surface area contributed by atoms with Crippen LogP contribution in [-0.2, 0) is 14.8 Å². The molecule has 2 N–H and O–H groups in total. The van der Waals surface area contributed by atoms with E-state index in [1.54, 1.807) is 18.3 Å². The molecule has 1 aliphatic rings. The minimum absolute atomic E-state index is 0.134. The highest BCUT2D eigenvalue weighted by molar-refractivity contribution is 7.89. The van der Waals surface area contributed by atoms with Gasteiger partial charge in [-0.2, -0.15) is 9.40 Å². The average Bonchev–Trinajstić information content (AvgIpc) is 3.46. The monoisotopic (exact) mass is 428 g/mol. The fraction of sp³-hybridized carbons (Fsp3) is 0.333.